The molecule has 32 heavy (non-hydrogen) atoms. The normalized spacial score (nSPS) is 19.8. The molecule has 3 rings (SSSR count). The largest absolute Gasteiger partial charge is 0.496 e. The van der Waals surface area contributed by atoms with Crippen LogP contribution in [0.25, 0.3) is 0 Å². The molecule has 0 radical (unpaired) electrons. The zero-order valence-electron chi connectivity index (χ0n) is 18.8. The highest BCUT2D eigenvalue weighted by Gasteiger charge is 2.32. The van der Waals surface area contributed by atoms with Crippen LogP contribution in [0, 0.1) is 5.41 Å². The zero-order valence-corrected chi connectivity index (χ0v) is 18.8. The summed E-state index contributed by atoms with van der Waals surface area (Å²) in [4.78, 5) is 26.3. The number of likely N-dealkylation sites (tertiary alicyclic amines) is 1. The van der Waals surface area contributed by atoms with Gasteiger partial charge in [0.2, 0.25) is 5.91 Å². The van der Waals surface area contributed by atoms with Crippen molar-refractivity contribution in [2.45, 2.75) is 70.2 Å². The van der Waals surface area contributed by atoms with E-state index in [1.807, 2.05) is 0 Å². The molecule has 9 nitrogen and oxygen atoms in total. The van der Waals surface area contributed by atoms with Gasteiger partial charge in [0.05, 0.1) is 13.7 Å². The number of alkyl carbamates (subject to hydrolysis) is 1. The predicted octanol–water partition coefficient (Wildman–Crippen LogP) is 2.47. The number of amides is 2. The van der Waals surface area contributed by atoms with E-state index in [-0.39, 0.29) is 25.2 Å². The minimum Gasteiger partial charge on any atom is -0.496 e. The Balaban J connectivity index is 1.56. The van der Waals surface area contributed by atoms with Gasteiger partial charge in [-0.05, 0) is 38.2 Å². The summed E-state index contributed by atoms with van der Waals surface area (Å²) in [6.07, 6.45) is 8.68. The van der Waals surface area contributed by atoms with E-state index in [1.165, 1.54) is 39.2 Å². The van der Waals surface area contributed by atoms with E-state index in [1.54, 1.807) is 18.2 Å². The molecule has 1 heterocycles. The smallest absolute Gasteiger partial charge is 0.408 e. The van der Waals surface area contributed by atoms with Crippen LogP contribution < -0.4 is 21.1 Å². The number of nitrogens with two attached hydrogens (primary N) is 1. The molecule has 0 bridgehead atoms. The lowest BCUT2D eigenvalue weighted by molar-refractivity contribution is -0.118. The maximum atomic E-state index is 12.5. The van der Waals surface area contributed by atoms with Gasteiger partial charge >= 0.3 is 6.09 Å². The molecule has 0 spiro atoms. The Kier molecular flexibility index (Phi) is 8.87. The number of nitrogens with one attached hydrogen (secondary N) is 3. The summed E-state index contributed by atoms with van der Waals surface area (Å²) in [5, 5.41) is 13.2. The van der Waals surface area contributed by atoms with Gasteiger partial charge in [0.25, 0.3) is 0 Å². The van der Waals surface area contributed by atoms with Gasteiger partial charge in [-0.2, -0.15) is 0 Å². The van der Waals surface area contributed by atoms with Gasteiger partial charge in [-0.1, -0.05) is 31.4 Å². The third kappa shape index (κ3) is 6.43. The van der Waals surface area contributed by atoms with Crippen LogP contribution >= 0.6 is 0 Å². The van der Waals surface area contributed by atoms with E-state index in [4.69, 9.17) is 20.6 Å². The Labute approximate surface area is 189 Å². The summed E-state index contributed by atoms with van der Waals surface area (Å²) in [7, 11) is 1.52. The van der Waals surface area contributed by atoms with E-state index in [0.717, 1.165) is 31.4 Å². The van der Waals surface area contributed by atoms with Crippen molar-refractivity contribution < 1.29 is 19.1 Å². The summed E-state index contributed by atoms with van der Waals surface area (Å²) >= 11 is 0. The average Bonchev–Trinajstić information content (AvgIpc) is 2.83. The van der Waals surface area contributed by atoms with Gasteiger partial charge in [0.15, 0.2) is 6.23 Å². The number of hydrogen-bond acceptors (Lipinski definition) is 7. The molecule has 2 amide bonds. The molecule has 0 aromatic heterocycles. The summed E-state index contributed by atoms with van der Waals surface area (Å²) < 4.78 is 11.2. The lowest BCUT2D eigenvalue weighted by atomic mass is 9.92. The molecule has 176 valence electrons. The Hall–Kier alpha value is -2.65. The third-order valence-electron chi connectivity index (χ3n) is 6.22. The third-order valence-corrected chi connectivity index (χ3v) is 6.22. The van der Waals surface area contributed by atoms with Crippen molar-refractivity contribution in [2.24, 2.45) is 5.73 Å². The molecule has 1 aliphatic carbocycles. The standard InChI is InChI=1S/C23H35N5O4/c1-31-19-13-16(22(25)27-20(29)14-24)10-11-17(19)15-26-23(30)32-21-9-5-6-12-28(21)18-7-3-2-4-8-18/h10-11,13,18,21H,2-9,12,14-15,24H2,1H3,(H,26,30)(H2,25,27,29). The number of benzene rings is 1. The van der Waals surface area contributed by atoms with Crippen LogP contribution in [-0.4, -0.2) is 55.2 Å². The molecule has 5 N–H and O–H groups in total. The number of amidine groups is 1. The first-order valence-corrected chi connectivity index (χ1v) is 11.5. The van der Waals surface area contributed by atoms with Gasteiger partial charge in [0, 0.05) is 30.3 Å². The SMILES string of the molecule is COc1cc(C(=N)NC(=O)CN)ccc1CNC(=O)OC1CCCCN1C1CCCCC1. The van der Waals surface area contributed by atoms with Gasteiger partial charge < -0.3 is 25.8 Å². The van der Waals surface area contributed by atoms with Gasteiger partial charge in [-0.15, -0.1) is 0 Å². The fourth-order valence-electron chi connectivity index (χ4n) is 4.52. The molecule has 1 aliphatic heterocycles. The summed E-state index contributed by atoms with van der Waals surface area (Å²) in [5.74, 6) is 0.0151. The van der Waals surface area contributed by atoms with Gasteiger partial charge in [0.1, 0.15) is 11.6 Å². The Morgan fingerprint density at radius 3 is 2.62 bits per heavy atom. The highest BCUT2D eigenvalue weighted by atomic mass is 16.6. The van der Waals surface area contributed by atoms with Crippen LogP contribution in [0.3, 0.4) is 0 Å². The molecule has 1 saturated carbocycles. The number of carbonyl (C=O) groups excluding carboxylic acids is 2. The van der Waals surface area contributed by atoms with Crippen molar-refractivity contribution in [3.63, 3.8) is 0 Å². The number of hydrogen-bond donors (Lipinski definition) is 4. The van der Waals surface area contributed by atoms with E-state index in [0.29, 0.717) is 17.4 Å². The van der Waals surface area contributed by atoms with Crippen LogP contribution in [0.1, 0.15) is 62.5 Å². The summed E-state index contributed by atoms with van der Waals surface area (Å²) in [6, 6.07) is 5.61. The molecule has 1 saturated heterocycles. The van der Waals surface area contributed by atoms with Crippen LogP contribution in [0.15, 0.2) is 18.2 Å². The van der Waals surface area contributed by atoms with Gasteiger partial charge in [-0.25, -0.2) is 4.79 Å². The predicted molar refractivity (Wildman–Crippen MR) is 122 cm³/mol. The van der Waals surface area contributed by atoms with Gasteiger partial charge in [-0.3, -0.25) is 15.1 Å². The number of methoxy groups -OCH3 is 1. The number of piperidine rings is 1. The zero-order chi connectivity index (χ0) is 22.9. The topological polar surface area (TPSA) is 130 Å². The van der Waals surface area contributed by atoms with E-state index >= 15 is 0 Å². The van der Waals surface area contributed by atoms with Crippen molar-refractivity contribution >= 4 is 17.8 Å². The maximum absolute atomic E-state index is 12.5. The van der Waals surface area contributed by atoms with Crippen molar-refractivity contribution in [3.05, 3.63) is 29.3 Å². The first-order chi connectivity index (χ1) is 15.5. The minimum absolute atomic E-state index is 0.0576. The Bertz CT molecular complexity index is 810. The van der Waals surface area contributed by atoms with Crippen molar-refractivity contribution in [1.29, 1.82) is 5.41 Å². The molecule has 1 aromatic rings. The lowest BCUT2D eigenvalue weighted by Gasteiger charge is -2.41. The number of rotatable bonds is 7. The molecule has 9 heteroatoms. The van der Waals surface area contributed by atoms with E-state index in [9.17, 15) is 9.59 Å². The second kappa shape index (κ2) is 11.8. The first kappa shape index (κ1) is 24.0. The summed E-state index contributed by atoms with van der Waals surface area (Å²) in [5.41, 5.74) is 6.51. The lowest BCUT2D eigenvalue weighted by Crippen LogP contribution is -2.49. The molecule has 1 unspecified atom stereocenters. The monoisotopic (exact) mass is 445 g/mol. The van der Waals surface area contributed by atoms with Crippen LogP contribution in [-0.2, 0) is 16.1 Å². The number of ether oxygens (including phenoxy) is 2. The maximum Gasteiger partial charge on any atom is 0.408 e. The Morgan fingerprint density at radius 1 is 1.16 bits per heavy atom. The molecule has 2 fully saturated rings. The van der Waals surface area contributed by atoms with Crippen molar-refractivity contribution in [3.8, 4) is 5.75 Å². The molecule has 1 atom stereocenters. The Morgan fingerprint density at radius 2 is 1.91 bits per heavy atom. The molecule has 2 aliphatic rings. The van der Waals surface area contributed by atoms with Crippen molar-refractivity contribution in [1.82, 2.24) is 15.5 Å². The quantitative estimate of drug-likeness (QED) is 0.377. The van der Waals surface area contributed by atoms with Crippen LogP contribution in [0.5, 0.6) is 5.75 Å². The molecular weight excluding hydrogens is 410 g/mol. The number of carbonyl (C=O) groups is 2. The summed E-state index contributed by atoms with van der Waals surface area (Å²) in [6.45, 7) is 1.04. The fourth-order valence-corrected chi connectivity index (χ4v) is 4.52. The van der Waals surface area contributed by atoms with Crippen molar-refractivity contribution in [2.75, 3.05) is 20.2 Å². The molecule has 1 aromatic carbocycles. The minimum atomic E-state index is -0.438. The first-order valence-electron chi connectivity index (χ1n) is 11.5. The van der Waals surface area contributed by atoms with E-state index < -0.39 is 12.0 Å². The second-order valence-electron chi connectivity index (χ2n) is 8.39. The highest BCUT2D eigenvalue weighted by molar-refractivity contribution is 6.06. The number of nitrogens with zero attached hydrogens (tertiary/aromatic N) is 1. The van der Waals surface area contributed by atoms with Crippen LogP contribution in [0.2, 0.25) is 0 Å². The highest BCUT2D eigenvalue weighted by Crippen LogP contribution is 2.29. The van der Waals surface area contributed by atoms with Crippen LogP contribution in [0.4, 0.5) is 4.79 Å². The van der Waals surface area contributed by atoms with E-state index in [2.05, 4.69) is 15.5 Å². The molecular formula is C23H35N5O4. The average molecular weight is 446 g/mol. The second-order valence-corrected chi connectivity index (χ2v) is 8.39. The fraction of sp³-hybridized carbons (Fsp3) is 0.609.